The number of nitrogens with zero attached hydrogens (tertiary/aromatic N) is 3. The van der Waals surface area contributed by atoms with Gasteiger partial charge in [-0.3, -0.25) is 9.80 Å². The van der Waals surface area contributed by atoms with Crippen LogP contribution in [0.15, 0.2) is 39.5 Å². The summed E-state index contributed by atoms with van der Waals surface area (Å²) in [5.41, 5.74) is -0.356. The van der Waals surface area contributed by atoms with E-state index < -0.39 is 29.7 Å². The molecule has 0 N–H and O–H groups in total. The highest BCUT2D eigenvalue weighted by atomic mass is 79.9. The first kappa shape index (κ1) is 20.1. The topological polar surface area (TPSA) is 85.1 Å². The van der Waals surface area contributed by atoms with Gasteiger partial charge in [0.15, 0.2) is 5.82 Å². The molecular formula is C18H19BrFN3O5. The van der Waals surface area contributed by atoms with E-state index in [2.05, 4.69) is 21.1 Å². The van der Waals surface area contributed by atoms with Crippen molar-refractivity contribution in [2.75, 3.05) is 22.9 Å². The van der Waals surface area contributed by atoms with E-state index >= 15 is 0 Å². The fourth-order valence-electron chi connectivity index (χ4n) is 2.61. The third-order valence-corrected chi connectivity index (χ3v) is 4.43. The molecule has 1 aliphatic rings. The van der Waals surface area contributed by atoms with Crippen molar-refractivity contribution < 1.29 is 28.0 Å². The molecule has 150 valence electrons. The van der Waals surface area contributed by atoms with E-state index in [9.17, 15) is 14.0 Å². The Morgan fingerprint density at radius 1 is 1.43 bits per heavy atom. The summed E-state index contributed by atoms with van der Waals surface area (Å²) in [4.78, 5) is 27.4. The van der Waals surface area contributed by atoms with E-state index in [1.807, 2.05) is 0 Å². The van der Waals surface area contributed by atoms with Crippen molar-refractivity contribution >= 4 is 39.6 Å². The fraction of sp³-hybridized carbons (Fsp3) is 0.389. The van der Waals surface area contributed by atoms with Crippen molar-refractivity contribution in [1.29, 1.82) is 0 Å². The number of carbonyl (C=O) groups excluding carboxylic acids is 2. The molecule has 0 radical (unpaired) electrons. The Kier molecular flexibility index (Phi) is 5.59. The van der Waals surface area contributed by atoms with Gasteiger partial charge < -0.3 is 14.0 Å². The van der Waals surface area contributed by atoms with E-state index in [1.54, 1.807) is 26.8 Å². The number of anilines is 2. The molecule has 0 bridgehead atoms. The Bertz CT molecular complexity index is 869. The number of hydrogen-bond acceptors (Lipinski definition) is 6. The number of ether oxygens (including phenoxy) is 2. The molecule has 1 atom stereocenters. The minimum Gasteiger partial charge on any atom is -0.443 e. The molecular weight excluding hydrogens is 437 g/mol. The van der Waals surface area contributed by atoms with Crippen LogP contribution in [-0.2, 0) is 9.47 Å². The minimum atomic E-state index is -0.716. The minimum absolute atomic E-state index is 0.00268. The maximum absolute atomic E-state index is 13.8. The van der Waals surface area contributed by atoms with Gasteiger partial charge in [0.2, 0.25) is 0 Å². The lowest BCUT2D eigenvalue weighted by Gasteiger charge is -2.26. The highest BCUT2D eigenvalue weighted by Gasteiger charge is 2.36. The quantitative estimate of drug-likeness (QED) is 0.681. The van der Waals surface area contributed by atoms with Gasteiger partial charge in [-0.2, -0.15) is 0 Å². The highest BCUT2D eigenvalue weighted by molar-refractivity contribution is 9.10. The second-order valence-corrected chi connectivity index (χ2v) is 8.02. The van der Waals surface area contributed by atoms with Crippen LogP contribution in [0.3, 0.4) is 0 Å². The Labute approximate surface area is 169 Å². The van der Waals surface area contributed by atoms with E-state index in [-0.39, 0.29) is 18.9 Å². The summed E-state index contributed by atoms with van der Waals surface area (Å²) >= 11 is 3.08. The average Bonchev–Trinajstić information content (AvgIpc) is 3.23. The first-order chi connectivity index (χ1) is 13.1. The van der Waals surface area contributed by atoms with Gasteiger partial charge in [0.25, 0.3) is 0 Å². The zero-order chi connectivity index (χ0) is 20.5. The summed E-state index contributed by atoms with van der Waals surface area (Å²) in [6.07, 6.45) is -0.616. The van der Waals surface area contributed by atoms with Crippen LogP contribution in [0.2, 0.25) is 0 Å². The molecule has 10 heteroatoms. The predicted molar refractivity (Wildman–Crippen MR) is 102 cm³/mol. The number of aromatic nitrogens is 1. The summed E-state index contributed by atoms with van der Waals surface area (Å²) in [6, 6.07) is 5.84. The molecule has 3 rings (SSSR count). The van der Waals surface area contributed by atoms with Crippen LogP contribution in [-0.4, -0.2) is 42.1 Å². The zero-order valence-electron chi connectivity index (χ0n) is 15.5. The molecule has 1 aromatic carbocycles. The molecule has 0 spiro atoms. The molecule has 1 aromatic heterocycles. The number of hydrogen-bond donors (Lipinski definition) is 0. The summed E-state index contributed by atoms with van der Waals surface area (Å²) in [5.74, 6) is -0.259. The van der Waals surface area contributed by atoms with Crippen LogP contribution in [0.25, 0.3) is 0 Å². The van der Waals surface area contributed by atoms with E-state index in [0.29, 0.717) is 10.2 Å². The number of benzene rings is 1. The molecule has 0 unspecified atom stereocenters. The van der Waals surface area contributed by atoms with Crippen molar-refractivity contribution in [2.24, 2.45) is 0 Å². The number of amides is 2. The molecule has 2 aromatic rings. The molecule has 2 amide bonds. The van der Waals surface area contributed by atoms with Crippen molar-refractivity contribution in [3.8, 4) is 0 Å². The van der Waals surface area contributed by atoms with Crippen LogP contribution in [0.1, 0.15) is 20.8 Å². The fourth-order valence-corrected chi connectivity index (χ4v) is 2.85. The Balaban J connectivity index is 1.75. The molecule has 1 aliphatic heterocycles. The first-order valence-corrected chi connectivity index (χ1v) is 9.27. The third-order valence-electron chi connectivity index (χ3n) is 3.79. The normalized spacial score (nSPS) is 16.8. The smallest absolute Gasteiger partial charge is 0.416 e. The van der Waals surface area contributed by atoms with Gasteiger partial charge in [0.05, 0.1) is 23.2 Å². The van der Waals surface area contributed by atoms with E-state index in [1.165, 1.54) is 34.3 Å². The lowest BCUT2D eigenvalue weighted by molar-refractivity contribution is 0.0556. The summed E-state index contributed by atoms with van der Waals surface area (Å²) in [7, 11) is 0. The lowest BCUT2D eigenvalue weighted by atomic mass is 10.2. The van der Waals surface area contributed by atoms with E-state index in [4.69, 9.17) is 14.0 Å². The molecule has 2 heterocycles. The van der Waals surface area contributed by atoms with Crippen LogP contribution in [0.4, 0.5) is 25.5 Å². The molecule has 1 fully saturated rings. The second kappa shape index (κ2) is 7.78. The van der Waals surface area contributed by atoms with Crippen molar-refractivity contribution in [1.82, 2.24) is 5.16 Å². The average molecular weight is 456 g/mol. The lowest BCUT2D eigenvalue weighted by Crippen LogP contribution is -2.42. The van der Waals surface area contributed by atoms with Gasteiger partial charge in [-0.25, -0.2) is 14.0 Å². The number of rotatable bonds is 4. The largest absolute Gasteiger partial charge is 0.443 e. The van der Waals surface area contributed by atoms with Crippen LogP contribution in [0, 0.1) is 5.82 Å². The second-order valence-electron chi connectivity index (χ2n) is 7.16. The molecule has 0 saturated carbocycles. The van der Waals surface area contributed by atoms with Gasteiger partial charge in [-0.05, 0) is 54.9 Å². The summed E-state index contributed by atoms with van der Waals surface area (Å²) < 4.78 is 29.7. The first-order valence-electron chi connectivity index (χ1n) is 8.48. The van der Waals surface area contributed by atoms with Crippen molar-refractivity contribution in [2.45, 2.75) is 32.5 Å². The van der Waals surface area contributed by atoms with E-state index in [0.717, 1.165) is 0 Å². The number of cyclic esters (lactones) is 1. The van der Waals surface area contributed by atoms with Crippen LogP contribution in [0.5, 0.6) is 0 Å². The Morgan fingerprint density at radius 3 is 2.79 bits per heavy atom. The standard InChI is InChI=1S/C18H19BrFN3O5/c1-18(2,3)28-17(25)23(15-6-7-26-21-15)10-12-9-22(16(24)27-12)11-4-5-13(19)14(20)8-11/h4-8,12H,9-10H2,1-3H3/t12-/m1/s1. The molecule has 0 aliphatic carbocycles. The maximum atomic E-state index is 13.8. The molecule has 28 heavy (non-hydrogen) atoms. The monoisotopic (exact) mass is 455 g/mol. The molecule has 8 nitrogen and oxygen atoms in total. The van der Waals surface area contributed by atoms with Crippen molar-refractivity contribution in [3.63, 3.8) is 0 Å². The number of carbonyl (C=O) groups is 2. The van der Waals surface area contributed by atoms with Crippen LogP contribution >= 0.6 is 15.9 Å². The predicted octanol–water partition coefficient (Wildman–Crippen LogP) is 4.34. The van der Waals surface area contributed by atoms with Gasteiger partial charge in [0, 0.05) is 6.07 Å². The zero-order valence-corrected chi connectivity index (χ0v) is 17.1. The van der Waals surface area contributed by atoms with Gasteiger partial charge in [-0.1, -0.05) is 5.16 Å². The SMILES string of the molecule is CC(C)(C)OC(=O)N(C[C@H]1CN(c2ccc(Br)c(F)c2)C(=O)O1)c1ccon1. The Morgan fingerprint density at radius 2 is 2.18 bits per heavy atom. The summed E-state index contributed by atoms with van der Waals surface area (Å²) in [6.45, 7) is 5.36. The summed E-state index contributed by atoms with van der Waals surface area (Å²) in [5, 5.41) is 3.77. The van der Waals surface area contributed by atoms with Gasteiger partial charge in [-0.15, -0.1) is 0 Å². The Hall–Kier alpha value is -2.62. The number of halogens is 2. The molecule has 1 saturated heterocycles. The maximum Gasteiger partial charge on any atom is 0.416 e. The van der Waals surface area contributed by atoms with Gasteiger partial charge in [0.1, 0.15) is 23.8 Å². The van der Waals surface area contributed by atoms with Gasteiger partial charge >= 0.3 is 12.2 Å². The highest BCUT2D eigenvalue weighted by Crippen LogP contribution is 2.27. The van der Waals surface area contributed by atoms with Crippen molar-refractivity contribution in [3.05, 3.63) is 40.8 Å². The third kappa shape index (κ3) is 4.61. The van der Waals surface area contributed by atoms with Crippen LogP contribution < -0.4 is 9.80 Å².